The minimum atomic E-state index is -4.45. The molecule has 3 aromatic rings. The highest BCUT2D eigenvalue weighted by Gasteiger charge is 2.30. The quantitative estimate of drug-likeness (QED) is 0.330. The Morgan fingerprint density at radius 1 is 1.25 bits per heavy atom. The second kappa shape index (κ2) is 11.1. The summed E-state index contributed by atoms with van der Waals surface area (Å²) >= 11 is 0. The number of halogens is 3. The molecule has 10 heteroatoms. The molecular weight excluding hydrogens is 427 g/mol. The molecule has 2 heterocycles. The Kier molecular flexibility index (Phi) is 8.20. The highest BCUT2D eigenvalue weighted by atomic mass is 19.4. The first-order chi connectivity index (χ1) is 15.3. The summed E-state index contributed by atoms with van der Waals surface area (Å²) in [5.74, 6) is 1.08. The summed E-state index contributed by atoms with van der Waals surface area (Å²) in [5, 5.41) is 14.0. The fourth-order valence-electron chi connectivity index (χ4n) is 3.06. The lowest BCUT2D eigenvalue weighted by atomic mass is 10.1. The fourth-order valence-corrected chi connectivity index (χ4v) is 3.06. The van der Waals surface area contributed by atoms with Crippen molar-refractivity contribution in [2.45, 2.75) is 25.2 Å². The third kappa shape index (κ3) is 7.04. The highest BCUT2D eigenvalue weighted by molar-refractivity contribution is 5.55. The average molecular weight is 451 g/mol. The second-order valence-electron chi connectivity index (χ2n) is 7.13. The van der Waals surface area contributed by atoms with Crippen molar-refractivity contribution in [2.75, 3.05) is 26.3 Å². The van der Waals surface area contributed by atoms with E-state index in [0.29, 0.717) is 32.7 Å². The van der Waals surface area contributed by atoms with Crippen LogP contribution in [0.5, 0.6) is 0 Å². The van der Waals surface area contributed by atoms with Crippen molar-refractivity contribution in [3.05, 3.63) is 72.5 Å². The molecule has 0 saturated carbocycles. The zero-order valence-electron chi connectivity index (χ0n) is 17.3. The lowest BCUT2D eigenvalue weighted by molar-refractivity contribution is -0.137. The number of alkyl halides is 3. The van der Waals surface area contributed by atoms with E-state index in [2.05, 4.69) is 16.7 Å². The summed E-state index contributed by atoms with van der Waals surface area (Å²) in [6.45, 7) is 5.26. The van der Waals surface area contributed by atoms with Crippen LogP contribution in [0.1, 0.15) is 17.2 Å². The van der Waals surface area contributed by atoms with Gasteiger partial charge in [-0.05, 0) is 24.3 Å². The van der Waals surface area contributed by atoms with Crippen molar-refractivity contribution in [3.8, 4) is 11.4 Å². The van der Waals surface area contributed by atoms with Gasteiger partial charge in [-0.3, -0.25) is 4.90 Å². The van der Waals surface area contributed by atoms with E-state index in [0.717, 1.165) is 17.9 Å². The summed E-state index contributed by atoms with van der Waals surface area (Å²) < 4.78 is 54.7. The smallest absolute Gasteiger partial charge is 0.416 e. The average Bonchev–Trinajstić information content (AvgIpc) is 3.44. The number of hydrogen-bond donors (Lipinski definition) is 1. The Morgan fingerprint density at radius 2 is 2.09 bits per heavy atom. The maximum atomic E-state index is 12.9. The minimum absolute atomic E-state index is 0.0848. The molecule has 172 valence electrons. The monoisotopic (exact) mass is 451 g/mol. The van der Waals surface area contributed by atoms with Gasteiger partial charge < -0.3 is 18.8 Å². The molecule has 1 atom stereocenters. The van der Waals surface area contributed by atoms with Crippen molar-refractivity contribution < 1.29 is 32.0 Å². The fraction of sp³-hybridized carbons (Fsp3) is 0.364. The van der Waals surface area contributed by atoms with Crippen molar-refractivity contribution in [2.24, 2.45) is 0 Å². The van der Waals surface area contributed by atoms with Crippen LogP contribution in [0.3, 0.4) is 0 Å². The number of rotatable bonds is 12. The Bertz CT molecular complexity index is 973. The third-order valence-electron chi connectivity index (χ3n) is 4.53. The van der Waals surface area contributed by atoms with Gasteiger partial charge in [-0.15, -0.1) is 6.58 Å². The van der Waals surface area contributed by atoms with Gasteiger partial charge in [0.05, 0.1) is 37.7 Å². The zero-order chi connectivity index (χ0) is 23.0. The molecule has 1 unspecified atom stereocenters. The lowest BCUT2D eigenvalue weighted by Crippen LogP contribution is -2.36. The van der Waals surface area contributed by atoms with Crippen LogP contribution in [0, 0.1) is 0 Å². The van der Waals surface area contributed by atoms with E-state index < -0.39 is 17.8 Å². The molecule has 0 fully saturated rings. The Labute approximate surface area is 183 Å². The van der Waals surface area contributed by atoms with E-state index in [4.69, 9.17) is 13.7 Å². The molecule has 1 aromatic carbocycles. The van der Waals surface area contributed by atoms with E-state index in [-0.39, 0.29) is 23.9 Å². The van der Waals surface area contributed by atoms with Crippen LogP contribution in [0.15, 0.2) is 64.3 Å². The molecular formula is C22H24F3N3O4. The highest BCUT2D eigenvalue weighted by Crippen LogP contribution is 2.31. The molecule has 2 aromatic heterocycles. The van der Waals surface area contributed by atoms with Crippen molar-refractivity contribution in [3.63, 3.8) is 0 Å². The summed E-state index contributed by atoms with van der Waals surface area (Å²) in [5.41, 5.74) is -0.560. The molecule has 0 aliphatic rings. The van der Waals surface area contributed by atoms with Gasteiger partial charge in [-0.1, -0.05) is 23.4 Å². The van der Waals surface area contributed by atoms with Gasteiger partial charge in [-0.25, -0.2) is 0 Å². The van der Waals surface area contributed by atoms with Gasteiger partial charge in [0.15, 0.2) is 0 Å². The van der Waals surface area contributed by atoms with Crippen LogP contribution in [-0.2, 0) is 23.9 Å². The number of aliphatic hydroxyl groups excluding tert-OH is 1. The van der Waals surface area contributed by atoms with E-state index in [1.54, 1.807) is 18.4 Å². The number of aromatic nitrogens is 2. The van der Waals surface area contributed by atoms with Crippen LogP contribution >= 0.6 is 0 Å². The molecule has 3 rings (SSSR count). The van der Waals surface area contributed by atoms with Gasteiger partial charge >= 0.3 is 6.18 Å². The predicted molar refractivity (Wildman–Crippen MR) is 109 cm³/mol. The topological polar surface area (TPSA) is 84.8 Å². The number of hydrogen-bond acceptors (Lipinski definition) is 7. The van der Waals surface area contributed by atoms with Gasteiger partial charge in [0.25, 0.3) is 0 Å². The number of aliphatic hydroxyl groups is 1. The van der Waals surface area contributed by atoms with E-state index in [1.807, 2.05) is 11.0 Å². The van der Waals surface area contributed by atoms with E-state index >= 15 is 0 Å². The second-order valence-corrected chi connectivity index (χ2v) is 7.13. The maximum Gasteiger partial charge on any atom is 0.416 e. The van der Waals surface area contributed by atoms with E-state index in [9.17, 15) is 18.3 Å². The molecule has 32 heavy (non-hydrogen) atoms. The van der Waals surface area contributed by atoms with Crippen LogP contribution in [0.4, 0.5) is 13.2 Å². The lowest BCUT2D eigenvalue weighted by Gasteiger charge is -2.23. The van der Waals surface area contributed by atoms with Crippen molar-refractivity contribution in [1.82, 2.24) is 15.0 Å². The van der Waals surface area contributed by atoms with Gasteiger partial charge in [0.1, 0.15) is 5.76 Å². The van der Waals surface area contributed by atoms with Crippen LogP contribution in [-0.4, -0.2) is 52.6 Å². The first kappa shape index (κ1) is 23.7. The van der Waals surface area contributed by atoms with E-state index in [1.165, 1.54) is 12.1 Å². The van der Waals surface area contributed by atoms with Crippen molar-refractivity contribution in [1.29, 1.82) is 0 Å². The number of furan rings is 1. The summed E-state index contributed by atoms with van der Waals surface area (Å²) in [7, 11) is 0. The summed E-state index contributed by atoms with van der Waals surface area (Å²) in [6.07, 6.45) is -1.67. The maximum absolute atomic E-state index is 12.9. The van der Waals surface area contributed by atoms with Gasteiger partial charge in [0, 0.05) is 25.1 Å². The molecule has 0 aliphatic carbocycles. The molecule has 0 aliphatic heterocycles. The van der Waals surface area contributed by atoms with Gasteiger partial charge in [-0.2, -0.15) is 18.2 Å². The molecule has 0 bridgehead atoms. The Balaban J connectivity index is 1.63. The Hall–Kier alpha value is -2.95. The first-order valence-electron chi connectivity index (χ1n) is 9.97. The van der Waals surface area contributed by atoms with Crippen LogP contribution < -0.4 is 0 Å². The molecule has 0 saturated heterocycles. The largest absolute Gasteiger partial charge is 0.468 e. The third-order valence-corrected chi connectivity index (χ3v) is 4.53. The number of nitrogens with zero attached hydrogens (tertiary/aromatic N) is 3. The standard InChI is InChI=1S/C22H24F3N3O4/c1-2-10-30-15-18(29)13-28(14-19-7-4-11-31-19)9-8-20-26-21(27-32-20)16-5-3-6-17(12-16)22(23,24)25/h2-7,11-12,18,29H,1,8-10,13-15H2. The predicted octanol–water partition coefficient (Wildman–Crippen LogP) is 3.96. The summed E-state index contributed by atoms with van der Waals surface area (Å²) in [4.78, 5) is 6.16. The summed E-state index contributed by atoms with van der Waals surface area (Å²) in [6, 6.07) is 8.36. The van der Waals surface area contributed by atoms with Crippen molar-refractivity contribution >= 4 is 0 Å². The normalized spacial score (nSPS) is 12.9. The van der Waals surface area contributed by atoms with Crippen LogP contribution in [0.25, 0.3) is 11.4 Å². The molecule has 0 spiro atoms. The Morgan fingerprint density at radius 3 is 2.81 bits per heavy atom. The van der Waals surface area contributed by atoms with Crippen LogP contribution in [0.2, 0.25) is 0 Å². The molecule has 0 amide bonds. The number of ether oxygens (including phenoxy) is 1. The molecule has 0 radical (unpaired) electrons. The number of benzene rings is 1. The molecule has 7 nitrogen and oxygen atoms in total. The SMILES string of the molecule is C=CCOCC(O)CN(CCc1nc(-c2cccc(C(F)(F)F)c2)no1)Cc1ccco1. The zero-order valence-corrected chi connectivity index (χ0v) is 17.3. The molecule has 1 N–H and O–H groups in total. The van der Waals surface area contributed by atoms with Gasteiger partial charge in [0.2, 0.25) is 11.7 Å². The minimum Gasteiger partial charge on any atom is -0.468 e. The first-order valence-corrected chi connectivity index (χ1v) is 9.97.